The van der Waals surface area contributed by atoms with Crippen molar-refractivity contribution in [1.29, 1.82) is 0 Å². The number of likely N-dealkylation sites (N-methyl/N-ethyl adjacent to an activating group) is 2. The predicted octanol–water partition coefficient (Wildman–Crippen LogP) is 7.40. The van der Waals surface area contributed by atoms with Crippen molar-refractivity contribution in [3.05, 3.63) is 70.8 Å². The third kappa shape index (κ3) is 14.5. The normalized spacial score (nSPS) is 18.6. The lowest BCUT2D eigenvalue weighted by molar-refractivity contribution is -0.148. The van der Waals surface area contributed by atoms with Crippen LogP contribution >= 0.6 is 0 Å². The first kappa shape index (κ1) is 55.8. The van der Waals surface area contributed by atoms with Gasteiger partial charge in [-0.15, -0.1) is 0 Å². The van der Waals surface area contributed by atoms with Crippen LogP contribution in [-0.4, -0.2) is 127 Å². The van der Waals surface area contributed by atoms with Gasteiger partial charge in [0.2, 0.25) is 23.6 Å². The van der Waals surface area contributed by atoms with Gasteiger partial charge in [0.1, 0.15) is 18.7 Å². The topological polar surface area (TPSA) is 167 Å². The summed E-state index contributed by atoms with van der Waals surface area (Å²) in [7, 11) is 6.30. The number of hydrogen-bond acceptors (Lipinski definition) is 9. The van der Waals surface area contributed by atoms with E-state index in [9.17, 15) is 29.1 Å². The number of amides is 5. The van der Waals surface area contributed by atoms with Crippen LogP contribution in [0, 0.1) is 30.6 Å². The van der Waals surface area contributed by atoms with Crippen molar-refractivity contribution in [3.8, 4) is 0 Å². The zero-order valence-corrected chi connectivity index (χ0v) is 42.6. The van der Waals surface area contributed by atoms with E-state index < -0.39 is 60.4 Å². The van der Waals surface area contributed by atoms with E-state index >= 15 is 0 Å². The third-order valence-electron chi connectivity index (χ3n) is 13.9. The number of hydrogen-bond donors (Lipinski definition) is 3. The second kappa shape index (κ2) is 26.1. The highest BCUT2D eigenvalue weighted by molar-refractivity contribution is 5.91. The molecule has 2 aromatic carbocycles. The van der Waals surface area contributed by atoms with Crippen molar-refractivity contribution in [3.63, 3.8) is 0 Å². The molecule has 1 aliphatic heterocycles. The molecule has 3 rings (SSSR count). The van der Waals surface area contributed by atoms with Crippen molar-refractivity contribution in [2.45, 2.75) is 169 Å². The van der Waals surface area contributed by atoms with Crippen molar-refractivity contribution < 1.29 is 43.3 Å². The van der Waals surface area contributed by atoms with Gasteiger partial charge in [-0.2, -0.15) is 0 Å². The number of carbonyl (C=O) groups excluding carboxylic acids is 5. The number of carbonyl (C=O) groups is 5. The van der Waals surface area contributed by atoms with E-state index in [2.05, 4.69) is 24.5 Å². The molecular formula is C52H83N5O9. The summed E-state index contributed by atoms with van der Waals surface area (Å²) >= 11 is 0. The summed E-state index contributed by atoms with van der Waals surface area (Å²) in [4.78, 5) is 74.7. The lowest BCUT2D eigenvalue weighted by Gasteiger charge is -2.41. The predicted molar refractivity (Wildman–Crippen MR) is 258 cm³/mol. The van der Waals surface area contributed by atoms with Gasteiger partial charge in [-0.1, -0.05) is 123 Å². The molecule has 1 aliphatic rings. The zero-order valence-electron chi connectivity index (χ0n) is 42.6. The fourth-order valence-electron chi connectivity index (χ4n) is 9.23. The zero-order chi connectivity index (χ0) is 49.6. The number of aliphatic hydroxyl groups excluding tert-OH is 1. The third-order valence-corrected chi connectivity index (χ3v) is 13.9. The molecule has 0 aromatic heterocycles. The van der Waals surface area contributed by atoms with Gasteiger partial charge in [-0.3, -0.25) is 24.1 Å². The lowest BCUT2D eigenvalue weighted by atomic mass is 9.89. The minimum atomic E-state index is -0.947. The van der Waals surface area contributed by atoms with Gasteiger partial charge < -0.3 is 39.8 Å². The first-order chi connectivity index (χ1) is 31.1. The smallest absolute Gasteiger partial charge is 0.410 e. The highest BCUT2D eigenvalue weighted by atomic mass is 16.6. The van der Waals surface area contributed by atoms with E-state index in [1.54, 1.807) is 37.8 Å². The van der Waals surface area contributed by atoms with E-state index in [4.69, 9.17) is 14.2 Å². The Kier molecular flexibility index (Phi) is 22.1. The Morgan fingerprint density at radius 1 is 0.788 bits per heavy atom. The molecule has 11 atom stereocenters. The molecule has 14 nitrogen and oxygen atoms in total. The second-order valence-corrected chi connectivity index (χ2v) is 19.4. The van der Waals surface area contributed by atoms with E-state index in [0.29, 0.717) is 25.3 Å². The molecule has 0 bridgehead atoms. The molecule has 66 heavy (non-hydrogen) atoms. The number of nitrogens with zero attached hydrogens (tertiary/aromatic N) is 3. The summed E-state index contributed by atoms with van der Waals surface area (Å²) in [5, 5.41) is 17.1. The van der Waals surface area contributed by atoms with Crippen LogP contribution in [0.15, 0.2) is 48.5 Å². The Hall–Kier alpha value is -4.53. The van der Waals surface area contributed by atoms with Gasteiger partial charge in [-0.25, -0.2) is 4.79 Å². The van der Waals surface area contributed by atoms with Gasteiger partial charge in [0, 0.05) is 34.9 Å². The second-order valence-electron chi connectivity index (χ2n) is 19.4. The number of likely N-dealkylation sites (tertiary alicyclic amines) is 1. The number of nitrogens with one attached hydrogen (secondary N) is 2. The van der Waals surface area contributed by atoms with Crippen LogP contribution in [0.5, 0.6) is 0 Å². The largest absolute Gasteiger partial charge is 0.445 e. The molecule has 0 radical (unpaired) electrons. The maximum atomic E-state index is 14.6. The lowest BCUT2D eigenvalue weighted by Crippen LogP contribution is -2.60. The Morgan fingerprint density at radius 2 is 1.39 bits per heavy atom. The van der Waals surface area contributed by atoms with Crippen LogP contribution in [0.2, 0.25) is 0 Å². The van der Waals surface area contributed by atoms with Crippen molar-refractivity contribution in [1.82, 2.24) is 25.3 Å². The summed E-state index contributed by atoms with van der Waals surface area (Å²) in [5.41, 5.74) is 3.83. The van der Waals surface area contributed by atoms with Crippen LogP contribution in [-0.2, 0) is 40.0 Å². The molecule has 0 saturated carbocycles. The maximum absolute atomic E-state index is 14.6. The van der Waals surface area contributed by atoms with Crippen molar-refractivity contribution >= 4 is 29.7 Å². The van der Waals surface area contributed by atoms with Gasteiger partial charge in [-0.05, 0) is 73.5 Å². The Balaban J connectivity index is 1.74. The van der Waals surface area contributed by atoms with E-state index in [1.807, 2.05) is 97.0 Å². The summed E-state index contributed by atoms with van der Waals surface area (Å²) in [6.45, 7) is 21.8. The van der Waals surface area contributed by atoms with Gasteiger partial charge in [0.05, 0.1) is 48.8 Å². The van der Waals surface area contributed by atoms with Crippen molar-refractivity contribution in [2.75, 3.05) is 34.9 Å². The molecule has 1 fully saturated rings. The molecule has 370 valence electrons. The number of benzene rings is 2. The Labute approximate surface area is 395 Å². The average Bonchev–Trinajstić information content (AvgIpc) is 3.79. The number of rotatable bonds is 24. The van der Waals surface area contributed by atoms with Gasteiger partial charge >= 0.3 is 6.09 Å². The van der Waals surface area contributed by atoms with Crippen LogP contribution in [0.3, 0.4) is 0 Å². The van der Waals surface area contributed by atoms with Crippen LogP contribution < -0.4 is 10.6 Å². The fourth-order valence-corrected chi connectivity index (χ4v) is 9.23. The first-order valence-corrected chi connectivity index (χ1v) is 24.1. The molecule has 1 heterocycles. The minimum absolute atomic E-state index is 0.0285. The van der Waals surface area contributed by atoms with Crippen LogP contribution in [0.4, 0.5) is 4.79 Å². The summed E-state index contributed by atoms with van der Waals surface area (Å²) in [5.74, 6) is -2.24. The van der Waals surface area contributed by atoms with E-state index in [0.717, 1.165) is 29.5 Å². The van der Waals surface area contributed by atoms with E-state index in [1.165, 1.54) is 24.6 Å². The SMILES string of the molecule is CCC(C)c1ccc([C@H](O)[C@@H](C)NC(=O)[C@H](C)[C@@H](OC)[C@@H]2CCCN2C(=O)C[C@@H](OC)[C@H]([C@@H](C)CC)N(C)C(=O)[C@@H](NC(=O)[C@H](C(C)C)N(C)C(=O)OCc2ccc(C)cc2)C(C)C)cc1. The maximum Gasteiger partial charge on any atom is 0.410 e. The molecule has 0 spiro atoms. The van der Waals surface area contributed by atoms with Gasteiger partial charge in [0.25, 0.3) is 0 Å². The fraction of sp³-hybridized carbons (Fsp3) is 0.673. The highest BCUT2D eigenvalue weighted by Gasteiger charge is 2.43. The number of aryl methyl sites for hydroxylation is 1. The molecular weight excluding hydrogens is 839 g/mol. The summed E-state index contributed by atoms with van der Waals surface area (Å²) in [6, 6.07) is 12.1. The summed E-state index contributed by atoms with van der Waals surface area (Å²) < 4.78 is 17.6. The number of aliphatic hydroxyl groups is 1. The molecule has 5 amide bonds. The average molecular weight is 922 g/mol. The quantitative estimate of drug-likeness (QED) is 0.0973. The molecule has 3 N–H and O–H groups in total. The molecule has 14 heteroatoms. The Bertz CT molecular complexity index is 1860. The molecule has 1 unspecified atom stereocenters. The van der Waals surface area contributed by atoms with Crippen LogP contribution in [0.25, 0.3) is 0 Å². The minimum Gasteiger partial charge on any atom is -0.445 e. The Morgan fingerprint density at radius 3 is 1.92 bits per heavy atom. The number of methoxy groups -OCH3 is 2. The highest BCUT2D eigenvalue weighted by Crippen LogP contribution is 2.30. The molecule has 0 aliphatic carbocycles. The molecule has 1 saturated heterocycles. The first-order valence-electron chi connectivity index (χ1n) is 24.1. The van der Waals surface area contributed by atoms with Gasteiger partial charge in [0.15, 0.2) is 0 Å². The number of ether oxygens (including phenoxy) is 3. The monoisotopic (exact) mass is 922 g/mol. The van der Waals surface area contributed by atoms with Crippen LogP contribution in [0.1, 0.15) is 136 Å². The molecule has 2 aromatic rings. The van der Waals surface area contributed by atoms with Crippen molar-refractivity contribution in [2.24, 2.45) is 23.7 Å². The standard InChI is InChI=1S/C52H83N5O9/c1-16-34(8)39-24-26-40(27-25-39)47(59)37(11)53-49(60)36(10)48(65-15)41-19-18-28-57(41)43(58)29-42(64-14)46(35(9)17-2)55(12)51(62)44(31(3)4)54-50(61)45(32(5)6)56(13)52(63)66-30-38-22-20-33(7)21-23-38/h20-27,31-32,34-37,41-42,44-48,59H,16-19,28-30H2,1-15H3,(H,53,60)(H,54,61)/t34?,35-,36+,37+,41-,42+,44-,45-,46-,47+,48+/m0/s1. The van der Waals surface area contributed by atoms with E-state index in [-0.39, 0.29) is 54.5 Å². The summed E-state index contributed by atoms with van der Waals surface area (Å²) in [6.07, 6.45) is 0.141.